The molecular weight excluding hydrogens is 324 g/mol. The topological polar surface area (TPSA) is 77.8 Å². The van der Waals surface area contributed by atoms with Crippen molar-refractivity contribution in [2.45, 2.75) is 0 Å². The van der Waals surface area contributed by atoms with Crippen molar-refractivity contribution in [3.8, 4) is 22.5 Å². The van der Waals surface area contributed by atoms with Gasteiger partial charge in [0.2, 0.25) is 0 Å². The minimum Gasteiger partial charge on any atom is -0.381 e. The molecule has 0 fully saturated rings. The molecule has 0 unspecified atom stereocenters. The fourth-order valence-electron chi connectivity index (χ4n) is 2.24. The monoisotopic (exact) mass is 334 g/mol. The van der Waals surface area contributed by atoms with Crippen LogP contribution in [0, 0.1) is 23.3 Å². The van der Waals surface area contributed by atoms with E-state index in [-0.39, 0.29) is 34.2 Å². The van der Waals surface area contributed by atoms with Crippen LogP contribution in [-0.2, 0) is 0 Å². The molecule has 0 saturated carbocycles. The van der Waals surface area contributed by atoms with Crippen LogP contribution in [-0.4, -0.2) is 9.97 Å². The largest absolute Gasteiger partial charge is 0.381 e. The maximum absolute atomic E-state index is 13.5. The normalized spacial score (nSPS) is 10.8. The standard InChI is InChI=1S/C16H10F4N4/c17-9-1-7(2-10(18)5-9)13-14(24-16(22)15(21)23-13)8-3-11(19)6-12(20)4-8/h1-6H,(H2,21,23)(H2,22,24). The summed E-state index contributed by atoms with van der Waals surface area (Å²) in [5.41, 5.74) is 11.1. The molecule has 0 bridgehead atoms. The van der Waals surface area contributed by atoms with Crippen molar-refractivity contribution in [1.29, 1.82) is 0 Å². The summed E-state index contributed by atoms with van der Waals surface area (Å²) in [7, 11) is 0. The van der Waals surface area contributed by atoms with Gasteiger partial charge in [-0.3, -0.25) is 0 Å². The van der Waals surface area contributed by atoms with E-state index in [2.05, 4.69) is 9.97 Å². The van der Waals surface area contributed by atoms with Crippen LogP contribution in [0.3, 0.4) is 0 Å². The van der Waals surface area contributed by atoms with E-state index < -0.39 is 23.3 Å². The number of hydrogen-bond acceptors (Lipinski definition) is 4. The van der Waals surface area contributed by atoms with Crippen molar-refractivity contribution in [3.05, 3.63) is 59.7 Å². The zero-order chi connectivity index (χ0) is 17.4. The highest BCUT2D eigenvalue weighted by molar-refractivity contribution is 5.81. The Kier molecular flexibility index (Phi) is 3.80. The van der Waals surface area contributed by atoms with Crippen LogP contribution < -0.4 is 11.5 Å². The maximum Gasteiger partial charge on any atom is 0.166 e. The number of nitrogens with zero attached hydrogens (tertiary/aromatic N) is 2. The molecule has 3 rings (SSSR count). The van der Waals surface area contributed by atoms with E-state index in [1.54, 1.807) is 0 Å². The van der Waals surface area contributed by atoms with Crippen LogP contribution in [0.1, 0.15) is 0 Å². The Bertz CT molecular complexity index is 827. The van der Waals surface area contributed by atoms with Gasteiger partial charge in [0.05, 0.1) is 11.4 Å². The number of rotatable bonds is 2. The summed E-state index contributed by atoms with van der Waals surface area (Å²) in [5.74, 6) is -3.74. The zero-order valence-corrected chi connectivity index (χ0v) is 12.0. The summed E-state index contributed by atoms with van der Waals surface area (Å²) in [6.07, 6.45) is 0. The van der Waals surface area contributed by atoms with Crippen LogP contribution in [0.2, 0.25) is 0 Å². The molecule has 122 valence electrons. The first-order valence-corrected chi connectivity index (χ1v) is 6.69. The third kappa shape index (κ3) is 2.98. The molecule has 0 aliphatic rings. The lowest BCUT2D eigenvalue weighted by Crippen LogP contribution is -2.05. The lowest BCUT2D eigenvalue weighted by Gasteiger charge is -2.11. The van der Waals surface area contributed by atoms with Gasteiger partial charge in [-0.1, -0.05) is 0 Å². The van der Waals surface area contributed by atoms with Crippen molar-refractivity contribution >= 4 is 11.6 Å². The fraction of sp³-hybridized carbons (Fsp3) is 0. The zero-order valence-electron chi connectivity index (χ0n) is 12.0. The third-order valence-electron chi connectivity index (χ3n) is 3.22. The van der Waals surface area contributed by atoms with Gasteiger partial charge in [-0.05, 0) is 24.3 Å². The van der Waals surface area contributed by atoms with Gasteiger partial charge in [0.1, 0.15) is 23.3 Å². The molecule has 0 spiro atoms. The summed E-state index contributed by atoms with van der Waals surface area (Å²) in [6.45, 7) is 0. The predicted molar refractivity (Wildman–Crippen MR) is 81.6 cm³/mol. The van der Waals surface area contributed by atoms with Gasteiger partial charge >= 0.3 is 0 Å². The van der Waals surface area contributed by atoms with Crippen molar-refractivity contribution in [2.24, 2.45) is 0 Å². The van der Waals surface area contributed by atoms with Crippen molar-refractivity contribution < 1.29 is 17.6 Å². The third-order valence-corrected chi connectivity index (χ3v) is 3.22. The van der Waals surface area contributed by atoms with Gasteiger partial charge in [0, 0.05) is 23.3 Å². The Labute approximate surface area is 133 Å². The molecule has 24 heavy (non-hydrogen) atoms. The number of halogens is 4. The van der Waals surface area contributed by atoms with Gasteiger partial charge in [-0.15, -0.1) is 0 Å². The Morgan fingerprint density at radius 1 is 0.542 bits per heavy atom. The number of aromatic nitrogens is 2. The first-order chi connectivity index (χ1) is 11.3. The van der Waals surface area contributed by atoms with Crippen LogP contribution >= 0.6 is 0 Å². The maximum atomic E-state index is 13.5. The summed E-state index contributed by atoms with van der Waals surface area (Å²) in [4.78, 5) is 7.95. The van der Waals surface area contributed by atoms with Gasteiger partial charge < -0.3 is 11.5 Å². The van der Waals surface area contributed by atoms with Crippen LogP contribution in [0.25, 0.3) is 22.5 Å². The van der Waals surface area contributed by atoms with E-state index in [9.17, 15) is 17.6 Å². The lowest BCUT2D eigenvalue weighted by atomic mass is 10.0. The number of hydrogen-bond donors (Lipinski definition) is 2. The van der Waals surface area contributed by atoms with E-state index in [1.807, 2.05) is 0 Å². The summed E-state index contributed by atoms with van der Waals surface area (Å²) in [6, 6.07) is 5.37. The molecule has 0 aliphatic heterocycles. The predicted octanol–water partition coefficient (Wildman–Crippen LogP) is 3.53. The molecule has 0 aliphatic carbocycles. The molecule has 0 radical (unpaired) electrons. The van der Waals surface area contributed by atoms with Crippen molar-refractivity contribution in [1.82, 2.24) is 9.97 Å². The van der Waals surface area contributed by atoms with Gasteiger partial charge in [0.25, 0.3) is 0 Å². The minimum absolute atomic E-state index is 0.00590. The molecular formula is C16H10F4N4. The van der Waals surface area contributed by atoms with Crippen LogP contribution in [0.5, 0.6) is 0 Å². The highest BCUT2D eigenvalue weighted by Gasteiger charge is 2.17. The summed E-state index contributed by atoms with van der Waals surface area (Å²) in [5, 5.41) is 0. The molecule has 0 atom stereocenters. The smallest absolute Gasteiger partial charge is 0.166 e. The SMILES string of the molecule is Nc1nc(-c2cc(F)cc(F)c2)c(-c2cc(F)cc(F)c2)nc1N. The van der Waals surface area contributed by atoms with E-state index in [4.69, 9.17) is 11.5 Å². The van der Waals surface area contributed by atoms with Gasteiger partial charge in [0.15, 0.2) is 11.6 Å². The summed E-state index contributed by atoms with van der Waals surface area (Å²) < 4.78 is 54.0. The Morgan fingerprint density at radius 3 is 1.12 bits per heavy atom. The van der Waals surface area contributed by atoms with Crippen molar-refractivity contribution in [3.63, 3.8) is 0 Å². The Morgan fingerprint density at radius 2 is 0.833 bits per heavy atom. The molecule has 2 aromatic carbocycles. The molecule has 1 aromatic heterocycles. The average molecular weight is 334 g/mol. The Balaban J connectivity index is 2.31. The first-order valence-electron chi connectivity index (χ1n) is 6.69. The quantitative estimate of drug-likeness (QED) is 0.703. The molecule has 0 saturated heterocycles. The van der Waals surface area contributed by atoms with Gasteiger partial charge in [-0.2, -0.15) is 0 Å². The second-order valence-electron chi connectivity index (χ2n) is 5.01. The van der Waals surface area contributed by atoms with E-state index in [1.165, 1.54) is 0 Å². The second kappa shape index (κ2) is 5.80. The number of nitrogen functional groups attached to an aromatic ring is 2. The summed E-state index contributed by atoms with van der Waals surface area (Å²) >= 11 is 0. The number of anilines is 2. The second-order valence-corrected chi connectivity index (χ2v) is 5.01. The molecule has 3 aromatic rings. The Hall–Kier alpha value is -3.16. The van der Waals surface area contributed by atoms with E-state index in [0.29, 0.717) is 12.1 Å². The first kappa shape index (κ1) is 15.7. The fourth-order valence-corrected chi connectivity index (χ4v) is 2.24. The lowest BCUT2D eigenvalue weighted by molar-refractivity contribution is 0.583. The molecule has 4 nitrogen and oxygen atoms in total. The number of nitrogens with two attached hydrogens (primary N) is 2. The van der Waals surface area contributed by atoms with E-state index in [0.717, 1.165) is 24.3 Å². The van der Waals surface area contributed by atoms with Gasteiger partial charge in [-0.25, -0.2) is 27.5 Å². The highest BCUT2D eigenvalue weighted by atomic mass is 19.1. The number of benzene rings is 2. The van der Waals surface area contributed by atoms with E-state index >= 15 is 0 Å². The average Bonchev–Trinajstić information content (AvgIpc) is 2.47. The molecule has 0 amide bonds. The van der Waals surface area contributed by atoms with Crippen LogP contribution in [0.15, 0.2) is 36.4 Å². The molecule has 8 heteroatoms. The van der Waals surface area contributed by atoms with Crippen molar-refractivity contribution in [2.75, 3.05) is 11.5 Å². The highest BCUT2D eigenvalue weighted by Crippen LogP contribution is 2.33. The minimum atomic E-state index is -0.849. The molecule has 1 heterocycles. The molecule has 4 N–H and O–H groups in total. The van der Waals surface area contributed by atoms with Crippen LogP contribution in [0.4, 0.5) is 29.2 Å².